The first-order valence-electron chi connectivity index (χ1n) is 8.02. The van der Waals surface area contributed by atoms with Crippen molar-refractivity contribution in [1.29, 1.82) is 0 Å². The number of alkyl carbamates (subject to hydrolysis) is 1. The third kappa shape index (κ3) is 11.2. The molecule has 11 nitrogen and oxygen atoms in total. The number of aliphatic carboxylic acids is 1. The van der Waals surface area contributed by atoms with Crippen LogP contribution in [0.2, 0.25) is 0 Å². The molecular weight excluding hydrogens is 350 g/mol. The third-order valence-electron chi connectivity index (χ3n) is 3.31. The number of carbonyl (C=O) groups is 4. The largest absolute Gasteiger partial charge is 0.480 e. The van der Waals surface area contributed by atoms with Crippen molar-refractivity contribution in [1.82, 2.24) is 15.5 Å². The van der Waals surface area contributed by atoms with Gasteiger partial charge in [0.1, 0.15) is 6.04 Å². The van der Waals surface area contributed by atoms with Crippen LogP contribution in [0.1, 0.15) is 13.3 Å². The van der Waals surface area contributed by atoms with Gasteiger partial charge < -0.3 is 34.9 Å². The van der Waals surface area contributed by atoms with Crippen molar-refractivity contribution in [2.45, 2.75) is 19.4 Å². The lowest BCUT2D eigenvalue weighted by molar-refractivity contribution is -0.148. The van der Waals surface area contributed by atoms with Crippen LogP contribution in [0.4, 0.5) is 4.79 Å². The van der Waals surface area contributed by atoms with Crippen molar-refractivity contribution in [3.8, 4) is 0 Å². The predicted octanol–water partition coefficient (Wildman–Crippen LogP) is -1.19. The maximum Gasteiger partial charge on any atom is 0.407 e. The highest BCUT2D eigenvalue weighted by Crippen LogP contribution is 1.99. The van der Waals surface area contributed by atoms with Gasteiger partial charge in [0.2, 0.25) is 11.8 Å². The number of methoxy groups -OCH3 is 1. The normalized spacial score (nSPS) is 11.3. The van der Waals surface area contributed by atoms with Gasteiger partial charge >= 0.3 is 12.1 Å². The number of nitrogens with one attached hydrogen (secondary N) is 2. The first kappa shape index (κ1) is 23.6. The number of hydrogen-bond acceptors (Lipinski definition) is 7. The van der Waals surface area contributed by atoms with E-state index in [0.717, 1.165) is 4.90 Å². The van der Waals surface area contributed by atoms with Gasteiger partial charge in [-0.25, -0.2) is 9.59 Å². The van der Waals surface area contributed by atoms with Gasteiger partial charge in [0.15, 0.2) is 0 Å². The Kier molecular flexibility index (Phi) is 12.6. The second-order valence-corrected chi connectivity index (χ2v) is 5.19. The summed E-state index contributed by atoms with van der Waals surface area (Å²) < 4.78 is 14.8. The Bertz CT molecular complexity index is 472. The molecule has 150 valence electrons. The fraction of sp³-hybridized carbons (Fsp3) is 0.733. The Morgan fingerprint density at radius 3 is 2.23 bits per heavy atom. The first-order valence-corrected chi connectivity index (χ1v) is 8.02. The molecule has 0 aliphatic carbocycles. The van der Waals surface area contributed by atoms with E-state index < -0.39 is 18.1 Å². The Morgan fingerprint density at radius 2 is 1.65 bits per heavy atom. The number of likely N-dealkylation sites (N-methyl/N-ethyl adjacent to an activating group) is 1. The SMILES string of the molecule is COC(=O)NCC(=O)NCCOCCOCCC(=O)N(C)C(C)C(=O)O. The Balaban J connectivity index is 3.54. The van der Waals surface area contributed by atoms with E-state index in [9.17, 15) is 19.2 Å². The number of rotatable bonds is 13. The molecule has 0 heterocycles. The zero-order valence-corrected chi connectivity index (χ0v) is 15.3. The molecule has 11 heteroatoms. The van der Waals surface area contributed by atoms with E-state index in [1.165, 1.54) is 21.1 Å². The molecule has 26 heavy (non-hydrogen) atoms. The smallest absolute Gasteiger partial charge is 0.407 e. The van der Waals surface area contributed by atoms with Crippen LogP contribution in [0.15, 0.2) is 0 Å². The summed E-state index contributed by atoms with van der Waals surface area (Å²) in [6, 6.07) is -0.885. The molecule has 0 rings (SSSR count). The Hall–Kier alpha value is -2.40. The minimum absolute atomic E-state index is 0.0807. The number of nitrogens with zero attached hydrogens (tertiary/aromatic N) is 1. The van der Waals surface area contributed by atoms with Crippen LogP contribution in [-0.2, 0) is 28.6 Å². The highest BCUT2D eigenvalue weighted by molar-refractivity contribution is 5.83. The summed E-state index contributed by atoms with van der Waals surface area (Å²) in [4.78, 5) is 45.7. The van der Waals surface area contributed by atoms with Crippen LogP contribution in [0.3, 0.4) is 0 Å². The molecule has 0 radical (unpaired) electrons. The van der Waals surface area contributed by atoms with Gasteiger partial charge in [0, 0.05) is 13.6 Å². The van der Waals surface area contributed by atoms with Gasteiger partial charge in [-0.15, -0.1) is 0 Å². The average molecular weight is 377 g/mol. The van der Waals surface area contributed by atoms with Crippen LogP contribution in [0.25, 0.3) is 0 Å². The van der Waals surface area contributed by atoms with Gasteiger partial charge in [-0.2, -0.15) is 0 Å². The Labute approximate surface area is 151 Å². The predicted molar refractivity (Wildman–Crippen MR) is 89.5 cm³/mol. The average Bonchev–Trinajstić information content (AvgIpc) is 2.62. The number of ether oxygens (including phenoxy) is 3. The standard InChI is InChI=1S/C15H27N3O8/c1-11(14(21)22)18(2)13(20)4-6-25-8-9-26-7-5-16-12(19)10-17-15(23)24-3/h11H,4-10H2,1-3H3,(H,16,19)(H,17,23)(H,21,22). The molecule has 1 atom stereocenters. The highest BCUT2D eigenvalue weighted by atomic mass is 16.5. The lowest BCUT2D eigenvalue weighted by atomic mass is 10.3. The fourth-order valence-corrected chi connectivity index (χ4v) is 1.59. The van der Waals surface area contributed by atoms with Gasteiger partial charge in [-0.05, 0) is 6.92 Å². The van der Waals surface area contributed by atoms with Gasteiger partial charge in [0.05, 0.1) is 46.5 Å². The molecule has 0 saturated heterocycles. The van der Waals surface area contributed by atoms with Gasteiger partial charge in [0.25, 0.3) is 0 Å². The third-order valence-corrected chi connectivity index (χ3v) is 3.31. The second kappa shape index (κ2) is 13.8. The molecule has 3 amide bonds. The summed E-state index contributed by atoms with van der Waals surface area (Å²) in [5, 5.41) is 13.6. The summed E-state index contributed by atoms with van der Waals surface area (Å²) in [6.45, 7) is 2.51. The maximum absolute atomic E-state index is 11.7. The van der Waals surface area contributed by atoms with Crippen LogP contribution < -0.4 is 10.6 Å². The van der Waals surface area contributed by atoms with Crippen molar-refractivity contribution < 1.29 is 38.5 Å². The zero-order valence-electron chi connectivity index (χ0n) is 15.3. The molecule has 0 bridgehead atoms. The number of carboxylic acid groups (broad SMARTS) is 1. The van der Waals surface area contributed by atoms with Crippen LogP contribution in [-0.4, -0.2) is 93.6 Å². The number of hydrogen-bond donors (Lipinski definition) is 3. The molecule has 0 aromatic carbocycles. The first-order chi connectivity index (χ1) is 12.3. The van der Waals surface area contributed by atoms with Crippen molar-refractivity contribution in [2.75, 3.05) is 53.7 Å². The van der Waals surface area contributed by atoms with E-state index in [0.29, 0.717) is 0 Å². The van der Waals surface area contributed by atoms with Gasteiger partial charge in [-0.1, -0.05) is 0 Å². The molecule has 3 N–H and O–H groups in total. The summed E-state index contributed by atoms with van der Waals surface area (Å²) in [6.07, 6.45) is -0.604. The maximum atomic E-state index is 11.7. The number of carbonyl (C=O) groups excluding carboxylic acids is 3. The van der Waals surface area contributed by atoms with E-state index in [4.69, 9.17) is 14.6 Å². The lowest BCUT2D eigenvalue weighted by Gasteiger charge is -2.21. The molecule has 0 aliphatic heterocycles. The molecular formula is C15H27N3O8. The summed E-state index contributed by atoms with van der Waals surface area (Å²) >= 11 is 0. The Morgan fingerprint density at radius 1 is 1.04 bits per heavy atom. The monoisotopic (exact) mass is 377 g/mol. The molecule has 1 unspecified atom stereocenters. The summed E-state index contributed by atoms with van der Waals surface area (Å²) in [7, 11) is 2.63. The van der Waals surface area contributed by atoms with E-state index in [-0.39, 0.29) is 57.8 Å². The van der Waals surface area contributed by atoms with Gasteiger partial charge in [-0.3, -0.25) is 9.59 Å². The van der Waals surface area contributed by atoms with Crippen LogP contribution >= 0.6 is 0 Å². The lowest BCUT2D eigenvalue weighted by Crippen LogP contribution is -2.40. The van der Waals surface area contributed by atoms with E-state index >= 15 is 0 Å². The molecule has 0 aromatic rings. The van der Waals surface area contributed by atoms with E-state index in [1.54, 1.807) is 0 Å². The molecule has 0 aromatic heterocycles. The molecule has 0 spiro atoms. The minimum Gasteiger partial charge on any atom is -0.480 e. The minimum atomic E-state index is -1.07. The van der Waals surface area contributed by atoms with Crippen LogP contribution in [0, 0.1) is 0 Å². The zero-order chi connectivity index (χ0) is 19.9. The van der Waals surface area contributed by atoms with Crippen molar-refractivity contribution >= 4 is 23.9 Å². The van der Waals surface area contributed by atoms with Crippen LogP contribution in [0.5, 0.6) is 0 Å². The van der Waals surface area contributed by atoms with E-state index in [1.807, 2.05) is 0 Å². The summed E-state index contributed by atoms with van der Waals surface area (Å²) in [5.41, 5.74) is 0. The summed E-state index contributed by atoms with van der Waals surface area (Å²) in [5.74, 6) is -1.75. The van der Waals surface area contributed by atoms with E-state index in [2.05, 4.69) is 15.4 Å². The van der Waals surface area contributed by atoms with Crippen molar-refractivity contribution in [3.05, 3.63) is 0 Å². The fourth-order valence-electron chi connectivity index (χ4n) is 1.59. The number of carboxylic acids is 1. The van der Waals surface area contributed by atoms with Crippen molar-refractivity contribution in [2.24, 2.45) is 0 Å². The molecule has 0 saturated carbocycles. The molecule has 0 aliphatic rings. The topological polar surface area (TPSA) is 144 Å². The number of amides is 3. The van der Waals surface area contributed by atoms with Crippen molar-refractivity contribution in [3.63, 3.8) is 0 Å². The molecule has 0 fully saturated rings. The quantitative estimate of drug-likeness (QED) is 0.340. The highest BCUT2D eigenvalue weighted by Gasteiger charge is 2.20. The second-order valence-electron chi connectivity index (χ2n) is 5.19.